The third-order valence-electron chi connectivity index (χ3n) is 5.81. The van der Waals surface area contributed by atoms with E-state index in [2.05, 4.69) is 0 Å². The van der Waals surface area contributed by atoms with Crippen LogP contribution in [-0.2, 0) is 14.8 Å². The Morgan fingerprint density at radius 2 is 1.79 bits per heavy atom. The van der Waals surface area contributed by atoms with E-state index in [0.717, 1.165) is 6.07 Å². The first kappa shape index (κ1) is 19.9. The number of anilines is 1. The molecule has 6 nitrogen and oxygen atoms in total. The maximum atomic E-state index is 14.1. The van der Waals surface area contributed by atoms with Crippen molar-refractivity contribution in [1.29, 1.82) is 0 Å². The highest BCUT2D eigenvalue weighted by Crippen LogP contribution is 2.36. The molecule has 0 bridgehead atoms. The monoisotopic (exact) mass is 421 g/mol. The van der Waals surface area contributed by atoms with E-state index in [4.69, 9.17) is 0 Å². The van der Waals surface area contributed by atoms with Crippen LogP contribution in [0, 0.1) is 11.6 Å². The van der Waals surface area contributed by atoms with Crippen molar-refractivity contribution in [3.63, 3.8) is 0 Å². The number of hydrogen-bond donors (Lipinski definition) is 0. The van der Waals surface area contributed by atoms with Crippen molar-refractivity contribution >= 4 is 21.6 Å². The highest BCUT2D eigenvalue weighted by Gasteiger charge is 2.50. The zero-order valence-corrected chi connectivity index (χ0v) is 16.7. The Morgan fingerprint density at radius 1 is 1.03 bits per heavy atom. The van der Waals surface area contributed by atoms with Gasteiger partial charge in [0, 0.05) is 25.3 Å². The minimum atomic E-state index is -4.00. The van der Waals surface area contributed by atoms with Crippen LogP contribution < -0.4 is 4.90 Å². The second-order valence-corrected chi connectivity index (χ2v) is 9.47. The van der Waals surface area contributed by atoms with Gasteiger partial charge in [-0.3, -0.25) is 9.69 Å². The van der Waals surface area contributed by atoms with E-state index in [1.807, 2.05) is 4.90 Å². The average Bonchev–Trinajstić information content (AvgIpc) is 3.11. The molecule has 2 aromatic carbocycles. The van der Waals surface area contributed by atoms with Gasteiger partial charge in [0.15, 0.2) is 0 Å². The van der Waals surface area contributed by atoms with Gasteiger partial charge in [0.2, 0.25) is 15.9 Å². The minimum absolute atomic E-state index is 0.0874. The molecule has 1 atom stereocenters. The molecule has 0 aromatic heterocycles. The van der Waals surface area contributed by atoms with Crippen LogP contribution in [0.25, 0.3) is 0 Å². The van der Waals surface area contributed by atoms with Gasteiger partial charge in [-0.1, -0.05) is 18.2 Å². The number of likely N-dealkylation sites (N-methyl/N-ethyl adjacent to an activating group) is 1. The van der Waals surface area contributed by atoms with Gasteiger partial charge in [-0.15, -0.1) is 0 Å². The maximum Gasteiger partial charge on any atom is 0.246 e. The van der Waals surface area contributed by atoms with Crippen LogP contribution in [0.3, 0.4) is 0 Å². The van der Waals surface area contributed by atoms with Crippen LogP contribution >= 0.6 is 0 Å². The quantitative estimate of drug-likeness (QED) is 0.762. The van der Waals surface area contributed by atoms with E-state index < -0.39 is 27.2 Å². The number of benzene rings is 2. The molecule has 1 spiro atoms. The van der Waals surface area contributed by atoms with Crippen LogP contribution in [0.1, 0.15) is 6.42 Å². The smallest absolute Gasteiger partial charge is 0.246 e. The first-order chi connectivity index (χ1) is 13.7. The van der Waals surface area contributed by atoms with Crippen molar-refractivity contribution in [3.8, 4) is 0 Å². The van der Waals surface area contributed by atoms with Gasteiger partial charge in [-0.05, 0) is 43.8 Å². The maximum absolute atomic E-state index is 14.1. The molecule has 4 rings (SSSR count). The molecule has 2 saturated heterocycles. The van der Waals surface area contributed by atoms with Crippen molar-refractivity contribution in [1.82, 2.24) is 9.21 Å². The largest absolute Gasteiger partial charge is 0.309 e. The van der Waals surface area contributed by atoms with Crippen molar-refractivity contribution in [2.24, 2.45) is 0 Å². The summed E-state index contributed by atoms with van der Waals surface area (Å²) in [6.45, 7) is 0.657. The number of sulfonamides is 1. The van der Waals surface area contributed by atoms with E-state index in [1.165, 1.54) is 45.6 Å². The highest BCUT2D eigenvalue weighted by molar-refractivity contribution is 7.89. The lowest BCUT2D eigenvalue weighted by Crippen LogP contribution is -2.64. The lowest BCUT2D eigenvalue weighted by molar-refractivity contribution is -0.123. The summed E-state index contributed by atoms with van der Waals surface area (Å²) in [6, 6.07) is 11.1. The van der Waals surface area contributed by atoms with Crippen LogP contribution in [0.15, 0.2) is 53.4 Å². The molecule has 29 heavy (non-hydrogen) atoms. The zero-order chi connectivity index (χ0) is 20.8. The molecule has 2 heterocycles. The second kappa shape index (κ2) is 7.16. The Kier molecular flexibility index (Phi) is 4.92. The Hall–Kier alpha value is -2.36. The molecule has 2 aliphatic heterocycles. The molecule has 2 fully saturated rings. The lowest BCUT2D eigenvalue weighted by atomic mass is 9.92. The first-order valence-electron chi connectivity index (χ1n) is 9.25. The van der Waals surface area contributed by atoms with E-state index in [1.54, 1.807) is 13.1 Å². The van der Waals surface area contributed by atoms with E-state index in [0.29, 0.717) is 12.1 Å². The number of hydrogen-bond acceptors (Lipinski definition) is 4. The number of halogens is 2. The van der Waals surface area contributed by atoms with Crippen molar-refractivity contribution in [2.75, 3.05) is 38.1 Å². The summed E-state index contributed by atoms with van der Waals surface area (Å²) >= 11 is 0. The fourth-order valence-electron chi connectivity index (χ4n) is 4.10. The van der Waals surface area contributed by atoms with Gasteiger partial charge in [0.1, 0.15) is 16.5 Å². The Morgan fingerprint density at radius 3 is 2.52 bits per heavy atom. The number of amides is 1. The SMILES string of the molecule is CN1CC(=O)N(c2cccc(F)c2)CC12CCN(S(=O)(=O)c1ccccc1F)C2. The minimum Gasteiger partial charge on any atom is -0.309 e. The molecule has 0 aliphatic carbocycles. The van der Waals surface area contributed by atoms with Crippen molar-refractivity contribution in [3.05, 3.63) is 60.2 Å². The molecular formula is C20H21F2N3O3S. The molecule has 0 N–H and O–H groups in total. The Labute approximate surface area is 168 Å². The fourth-order valence-corrected chi connectivity index (χ4v) is 5.68. The summed E-state index contributed by atoms with van der Waals surface area (Å²) in [4.78, 5) is 15.6. The van der Waals surface area contributed by atoms with Crippen LogP contribution in [0.4, 0.5) is 14.5 Å². The number of rotatable bonds is 3. The Balaban J connectivity index is 1.63. The third kappa shape index (κ3) is 3.43. The normalized spacial score (nSPS) is 23.8. The van der Waals surface area contributed by atoms with E-state index >= 15 is 0 Å². The number of nitrogens with zero attached hydrogens (tertiary/aromatic N) is 3. The summed E-state index contributed by atoms with van der Waals surface area (Å²) in [5, 5.41) is 0. The van der Waals surface area contributed by atoms with Gasteiger partial charge in [0.05, 0.1) is 12.1 Å². The Bertz CT molecular complexity index is 1060. The second-order valence-electron chi connectivity index (χ2n) is 7.56. The topological polar surface area (TPSA) is 60.9 Å². The first-order valence-corrected chi connectivity index (χ1v) is 10.7. The standard InChI is InChI=1S/C20H21F2N3O3S/c1-23-12-19(26)25(16-6-4-5-15(21)11-16)14-20(23)9-10-24(13-20)29(27,28)18-8-3-2-7-17(18)22/h2-8,11H,9-10,12-14H2,1H3. The third-order valence-corrected chi connectivity index (χ3v) is 7.69. The summed E-state index contributed by atoms with van der Waals surface area (Å²) in [7, 11) is -2.22. The molecule has 154 valence electrons. The van der Waals surface area contributed by atoms with Gasteiger partial charge in [-0.2, -0.15) is 4.31 Å². The predicted octanol–water partition coefficient (Wildman–Crippen LogP) is 2.08. The summed E-state index contributed by atoms with van der Waals surface area (Å²) in [5.74, 6) is -1.42. The molecule has 0 radical (unpaired) electrons. The molecule has 2 aliphatic rings. The van der Waals surface area contributed by atoms with Crippen LogP contribution in [0.2, 0.25) is 0 Å². The molecule has 9 heteroatoms. The van der Waals surface area contributed by atoms with Crippen LogP contribution in [0.5, 0.6) is 0 Å². The fraction of sp³-hybridized carbons (Fsp3) is 0.350. The van der Waals surface area contributed by atoms with Gasteiger partial charge in [0.25, 0.3) is 0 Å². The van der Waals surface area contributed by atoms with Gasteiger partial charge < -0.3 is 4.90 Å². The van der Waals surface area contributed by atoms with Crippen molar-refractivity contribution < 1.29 is 22.0 Å². The molecule has 1 unspecified atom stereocenters. The number of carbonyl (C=O) groups is 1. The summed E-state index contributed by atoms with van der Waals surface area (Å²) in [6.07, 6.45) is 0.482. The molecule has 1 amide bonds. The molecular weight excluding hydrogens is 400 g/mol. The number of carbonyl (C=O) groups excluding carboxylic acids is 1. The molecule has 0 saturated carbocycles. The summed E-state index contributed by atoms with van der Waals surface area (Å²) in [5.41, 5.74) is -0.184. The zero-order valence-electron chi connectivity index (χ0n) is 15.9. The van der Waals surface area contributed by atoms with E-state index in [9.17, 15) is 22.0 Å². The van der Waals surface area contributed by atoms with Crippen molar-refractivity contribution in [2.45, 2.75) is 16.9 Å². The average molecular weight is 421 g/mol. The number of piperazine rings is 1. The molecule has 2 aromatic rings. The lowest BCUT2D eigenvalue weighted by Gasteiger charge is -2.46. The van der Waals surface area contributed by atoms with Crippen LogP contribution in [-0.4, -0.2) is 62.3 Å². The highest BCUT2D eigenvalue weighted by atomic mass is 32.2. The van der Waals surface area contributed by atoms with Gasteiger partial charge >= 0.3 is 0 Å². The van der Waals surface area contributed by atoms with E-state index in [-0.39, 0.29) is 37.0 Å². The predicted molar refractivity (Wildman–Crippen MR) is 104 cm³/mol. The summed E-state index contributed by atoms with van der Waals surface area (Å²) < 4.78 is 55.0. The van der Waals surface area contributed by atoms with Gasteiger partial charge in [-0.25, -0.2) is 17.2 Å².